The van der Waals surface area contributed by atoms with Crippen molar-refractivity contribution in [3.63, 3.8) is 0 Å². The number of halogens is 1. The molecule has 1 atom stereocenters. The number of thiophene rings is 1. The molecule has 0 unspecified atom stereocenters. The van der Waals surface area contributed by atoms with Crippen LogP contribution in [0.2, 0.25) is 0 Å². The highest BCUT2D eigenvalue weighted by Gasteiger charge is 2.24. The largest absolute Gasteiger partial charge is 0.336 e. The average molecular weight is 448 g/mol. The van der Waals surface area contributed by atoms with Crippen LogP contribution >= 0.6 is 11.3 Å². The van der Waals surface area contributed by atoms with Gasteiger partial charge in [0.25, 0.3) is 11.8 Å². The fraction of sp³-hybridized carbons (Fsp3) is 0.100. The Morgan fingerprint density at radius 1 is 1.03 bits per heavy atom. The minimum absolute atomic E-state index is 0.166. The van der Waals surface area contributed by atoms with Crippen molar-refractivity contribution in [3.05, 3.63) is 82.3 Å². The van der Waals surface area contributed by atoms with E-state index in [9.17, 15) is 22.4 Å². The third-order valence-electron chi connectivity index (χ3n) is 3.94. The zero-order chi connectivity index (χ0) is 21.7. The van der Waals surface area contributed by atoms with Crippen LogP contribution in [0, 0.1) is 5.82 Å². The quantitative estimate of drug-likeness (QED) is 0.517. The van der Waals surface area contributed by atoms with Gasteiger partial charge in [-0.2, -0.15) is 0 Å². The van der Waals surface area contributed by atoms with Gasteiger partial charge in [0.05, 0.1) is 16.8 Å². The standard InChI is InChI=1S/C20H18FN3O4S2/c1-30(27,28)24-16-12-14(9-10-15(16)21)22-20(26)18(13-6-3-2-4-7-13)23-19(25)17-8-5-11-29-17/h2-12,18,24H,1H3,(H,22,26)(H,23,25)/t18-/m1/s1. The van der Waals surface area contributed by atoms with Gasteiger partial charge in [-0.1, -0.05) is 36.4 Å². The zero-order valence-corrected chi connectivity index (χ0v) is 17.4. The Morgan fingerprint density at radius 2 is 1.77 bits per heavy atom. The monoisotopic (exact) mass is 447 g/mol. The molecular weight excluding hydrogens is 429 g/mol. The number of carbonyl (C=O) groups excluding carboxylic acids is 2. The molecule has 0 saturated heterocycles. The number of anilines is 2. The van der Waals surface area contributed by atoms with Crippen LogP contribution in [0.5, 0.6) is 0 Å². The van der Waals surface area contributed by atoms with Gasteiger partial charge >= 0.3 is 0 Å². The number of benzene rings is 2. The van der Waals surface area contributed by atoms with E-state index in [0.717, 1.165) is 18.4 Å². The van der Waals surface area contributed by atoms with E-state index >= 15 is 0 Å². The lowest BCUT2D eigenvalue weighted by molar-refractivity contribution is -0.118. The maximum Gasteiger partial charge on any atom is 0.262 e. The van der Waals surface area contributed by atoms with Gasteiger partial charge in [0.15, 0.2) is 0 Å². The second-order valence-electron chi connectivity index (χ2n) is 6.35. The van der Waals surface area contributed by atoms with E-state index in [-0.39, 0.29) is 11.4 Å². The van der Waals surface area contributed by atoms with Crippen molar-refractivity contribution in [1.29, 1.82) is 0 Å². The molecule has 0 aliphatic rings. The summed E-state index contributed by atoms with van der Waals surface area (Å²) in [5.74, 6) is -1.76. The second-order valence-corrected chi connectivity index (χ2v) is 9.05. The molecule has 0 radical (unpaired) electrons. The molecule has 0 saturated carbocycles. The van der Waals surface area contributed by atoms with E-state index in [1.165, 1.54) is 17.4 Å². The maximum atomic E-state index is 13.9. The van der Waals surface area contributed by atoms with Crippen molar-refractivity contribution in [1.82, 2.24) is 5.32 Å². The van der Waals surface area contributed by atoms with Gasteiger partial charge in [0, 0.05) is 5.69 Å². The van der Waals surface area contributed by atoms with Crippen LogP contribution in [0.15, 0.2) is 66.0 Å². The lowest BCUT2D eigenvalue weighted by Crippen LogP contribution is -2.36. The van der Waals surface area contributed by atoms with Crippen molar-refractivity contribution in [2.45, 2.75) is 6.04 Å². The molecule has 2 aromatic carbocycles. The van der Waals surface area contributed by atoms with Crippen molar-refractivity contribution < 1.29 is 22.4 Å². The van der Waals surface area contributed by atoms with Gasteiger partial charge in [-0.15, -0.1) is 11.3 Å². The highest BCUT2D eigenvalue weighted by Crippen LogP contribution is 2.23. The van der Waals surface area contributed by atoms with Crippen LogP contribution in [-0.2, 0) is 14.8 Å². The van der Waals surface area contributed by atoms with Gasteiger partial charge < -0.3 is 10.6 Å². The summed E-state index contributed by atoms with van der Waals surface area (Å²) >= 11 is 1.24. The first-order chi connectivity index (χ1) is 14.2. The molecule has 3 rings (SSSR count). The Kier molecular flexibility index (Phi) is 6.48. The summed E-state index contributed by atoms with van der Waals surface area (Å²) in [6.45, 7) is 0. The van der Waals surface area contributed by atoms with Crippen molar-refractivity contribution >= 4 is 44.5 Å². The van der Waals surface area contributed by atoms with E-state index in [0.29, 0.717) is 10.4 Å². The van der Waals surface area contributed by atoms with E-state index in [4.69, 9.17) is 0 Å². The van der Waals surface area contributed by atoms with Crippen molar-refractivity contribution in [2.24, 2.45) is 0 Å². The van der Waals surface area contributed by atoms with Gasteiger partial charge in [-0.05, 0) is 35.2 Å². The Morgan fingerprint density at radius 3 is 2.40 bits per heavy atom. The van der Waals surface area contributed by atoms with Crippen LogP contribution < -0.4 is 15.4 Å². The number of carbonyl (C=O) groups is 2. The number of sulfonamides is 1. The Hall–Kier alpha value is -3.24. The predicted molar refractivity (Wildman–Crippen MR) is 114 cm³/mol. The number of amides is 2. The molecule has 3 N–H and O–H groups in total. The Bertz CT molecular complexity index is 1150. The van der Waals surface area contributed by atoms with E-state index in [2.05, 4.69) is 15.4 Å². The lowest BCUT2D eigenvalue weighted by Gasteiger charge is -2.19. The Labute approximate surface area is 177 Å². The van der Waals surface area contributed by atoms with Gasteiger partial charge in [0.1, 0.15) is 11.9 Å². The van der Waals surface area contributed by atoms with Crippen LogP contribution in [0.1, 0.15) is 21.3 Å². The van der Waals surface area contributed by atoms with Crippen molar-refractivity contribution in [3.8, 4) is 0 Å². The van der Waals surface area contributed by atoms with Crippen LogP contribution in [0.4, 0.5) is 15.8 Å². The zero-order valence-electron chi connectivity index (χ0n) is 15.8. The van der Waals surface area contributed by atoms with Gasteiger partial charge in [-0.3, -0.25) is 14.3 Å². The second kappa shape index (κ2) is 9.06. The summed E-state index contributed by atoms with van der Waals surface area (Å²) in [5.41, 5.74) is 0.421. The highest BCUT2D eigenvalue weighted by atomic mass is 32.2. The molecule has 0 aliphatic heterocycles. The van der Waals surface area contributed by atoms with E-state index in [1.807, 2.05) is 0 Å². The van der Waals surface area contributed by atoms with E-state index < -0.39 is 33.7 Å². The van der Waals surface area contributed by atoms with Gasteiger partial charge in [-0.25, -0.2) is 12.8 Å². The number of rotatable bonds is 7. The molecule has 1 heterocycles. The molecule has 0 spiro atoms. The van der Waals surface area contributed by atoms with Crippen LogP contribution in [-0.4, -0.2) is 26.5 Å². The van der Waals surface area contributed by atoms with Crippen molar-refractivity contribution in [2.75, 3.05) is 16.3 Å². The average Bonchev–Trinajstić information content (AvgIpc) is 3.23. The summed E-state index contributed by atoms with van der Waals surface area (Å²) in [5, 5.41) is 7.04. The summed E-state index contributed by atoms with van der Waals surface area (Å²) in [6, 6.07) is 14.5. The first-order valence-electron chi connectivity index (χ1n) is 8.70. The molecule has 0 aliphatic carbocycles. The first kappa shape index (κ1) is 21.5. The molecule has 7 nitrogen and oxygen atoms in total. The van der Waals surface area contributed by atoms with Crippen LogP contribution in [0.25, 0.3) is 0 Å². The van der Waals surface area contributed by atoms with Crippen LogP contribution in [0.3, 0.4) is 0 Å². The summed E-state index contributed by atoms with van der Waals surface area (Å²) in [7, 11) is -3.70. The summed E-state index contributed by atoms with van der Waals surface area (Å²) in [4.78, 5) is 25.9. The molecular formula is C20H18FN3O4S2. The van der Waals surface area contributed by atoms with E-state index in [1.54, 1.807) is 47.8 Å². The molecule has 1 aromatic heterocycles. The molecule has 30 heavy (non-hydrogen) atoms. The third kappa shape index (κ3) is 5.65. The number of hydrogen-bond donors (Lipinski definition) is 3. The fourth-order valence-corrected chi connectivity index (χ4v) is 3.83. The SMILES string of the molecule is CS(=O)(=O)Nc1cc(NC(=O)[C@H](NC(=O)c2cccs2)c2ccccc2)ccc1F. The fourth-order valence-electron chi connectivity index (χ4n) is 2.65. The molecule has 0 bridgehead atoms. The number of nitrogens with one attached hydrogen (secondary N) is 3. The molecule has 2 amide bonds. The number of hydrogen-bond acceptors (Lipinski definition) is 5. The minimum Gasteiger partial charge on any atom is -0.336 e. The lowest BCUT2D eigenvalue weighted by atomic mass is 10.1. The molecule has 156 valence electrons. The summed E-state index contributed by atoms with van der Waals surface area (Å²) < 4.78 is 38.8. The van der Waals surface area contributed by atoms with Gasteiger partial charge in [0.2, 0.25) is 10.0 Å². The normalized spacial score (nSPS) is 12.1. The Balaban J connectivity index is 1.85. The highest BCUT2D eigenvalue weighted by molar-refractivity contribution is 7.92. The minimum atomic E-state index is -3.70. The predicted octanol–water partition coefficient (Wildman–Crippen LogP) is 3.37. The third-order valence-corrected chi connectivity index (χ3v) is 5.40. The molecule has 10 heteroatoms. The smallest absolute Gasteiger partial charge is 0.262 e. The molecule has 0 fully saturated rings. The first-order valence-corrected chi connectivity index (χ1v) is 11.5. The summed E-state index contributed by atoms with van der Waals surface area (Å²) in [6.07, 6.45) is 0.892. The topological polar surface area (TPSA) is 104 Å². The molecule has 3 aromatic rings. The maximum absolute atomic E-state index is 13.9.